The summed E-state index contributed by atoms with van der Waals surface area (Å²) < 4.78 is 1.80. The standard InChI is InChI=1S/C34H28N4O3/c39-29(21-36-32(34(40)41)19-27-20-35-31-13-7-6-12-30(27)31)17-16-26-22-38(28-10-2-1-3-11-28)37-33(26)25-15-14-23-8-4-5-9-24(23)18-25/h1-18,20,22,32,35-36H,19,21H2,(H,40,41)/t32-/m1/s1. The Balaban J connectivity index is 1.22. The maximum absolute atomic E-state index is 12.9. The van der Waals surface area contributed by atoms with E-state index in [9.17, 15) is 14.7 Å². The Bertz CT molecular complexity index is 1880. The quantitative estimate of drug-likeness (QED) is 0.184. The summed E-state index contributed by atoms with van der Waals surface area (Å²) in [5, 5.41) is 20.8. The van der Waals surface area contributed by atoms with E-state index in [0.29, 0.717) is 0 Å². The Labute approximate surface area is 236 Å². The number of aliphatic carboxylic acids is 1. The number of carboxylic acids is 1. The first kappa shape index (κ1) is 26.0. The average Bonchev–Trinajstić information content (AvgIpc) is 3.63. The number of carbonyl (C=O) groups is 2. The van der Waals surface area contributed by atoms with Crippen molar-refractivity contribution in [2.75, 3.05) is 6.54 Å². The van der Waals surface area contributed by atoms with Crippen molar-refractivity contribution < 1.29 is 14.7 Å². The molecule has 0 amide bonds. The number of hydrogen-bond acceptors (Lipinski definition) is 4. The molecule has 0 radical (unpaired) electrons. The van der Waals surface area contributed by atoms with E-state index >= 15 is 0 Å². The summed E-state index contributed by atoms with van der Waals surface area (Å²) in [6.07, 6.45) is 7.20. The summed E-state index contributed by atoms with van der Waals surface area (Å²) in [6, 6.07) is 31.0. The van der Waals surface area contributed by atoms with Gasteiger partial charge in [-0.15, -0.1) is 0 Å². The van der Waals surface area contributed by atoms with Crippen molar-refractivity contribution >= 4 is 39.5 Å². The summed E-state index contributed by atoms with van der Waals surface area (Å²) >= 11 is 0. The number of nitrogens with one attached hydrogen (secondary N) is 2. The largest absolute Gasteiger partial charge is 0.480 e. The van der Waals surface area contributed by atoms with Gasteiger partial charge in [0.05, 0.1) is 17.9 Å². The van der Waals surface area contributed by atoms with Crippen LogP contribution in [0.2, 0.25) is 0 Å². The van der Waals surface area contributed by atoms with Gasteiger partial charge in [0.1, 0.15) is 6.04 Å². The van der Waals surface area contributed by atoms with E-state index in [0.717, 1.165) is 49.7 Å². The number of benzene rings is 4. The fraction of sp³-hybridized carbons (Fsp3) is 0.0882. The summed E-state index contributed by atoms with van der Waals surface area (Å²) in [4.78, 5) is 28.0. The van der Waals surface area contributed by atoms with Crippen molar-refractivity contribution in [1.82, 2.24) is 20.1 Å². The Hall–Kier alpha value is -5.27. The third kappa shape index (κ3) is 5.71. The van der Waals surface area contributed by atoms with Crippen LogP contribution < -0.4 is 5.32 Å². The molecule has 0 fully saturated rings. The van der Waals surface area contributed by atoms with Gasteiger partial charge in [0, 0.05) is 40.8 Å². The lowest BCUT2D eigenvalue weighted by Crippen LogP contribution is -2.40. The Morgan fingerprint density at radius 1 is 0.927 bits per heavy atom. The molecular formula is C34H28N4O3. The van der Waals surface area contributed by atoms with Gasteiger partial charge >= 0.3 is 5.97 Å². The molecule has 2 aromatic heterocycles. The van der Waals surface area contributed by atoms with Crippen molar-refractivity contribution in [2.45, 2.75) is 12.5 Å². The molecule has 7 nitrogen and oxygen atoms in total. The van der Waals surface area contributed by atoms with Gasteiger partial charge < -0.3 is 10.1 Å². The molecule has 7 heteroatoms. The average molecular weight is 541 g/mol. The molecule has 1 atom stereocenters. The fourth-order valence-electron chi connectivity index (χ4n) is 5.02. The molecule has 0 unspecified atom stereocenters. The summed E-state index contributed by atoms with van der Waals surface area (Å²) in [5.41, 5.74) is 5.21. The van der Waals surface area contributed by atoms with Gasteiger partial charge in [-0.3, -0.25) is 14.9 Å². The van der Waals surface area contributed by atoms with Gasteiger partial charge in [0.2, 0.25) is 0 Å². The van der Waals surface area contributed by atoms with E-state index < -0.39 is 12.0 Å². The Morgan fingerprint density at radius 2 is 1.68 bits per heavy atom. The van der Waals surface area contributed by atoms with E-state index in [2.05, 4.69) is 34.6 Å². The fourth-order valence-corrected chi connectivity index (χ4v) is 5.02. The van der Waals surface area contributed by atoms with Crippen LogP contribution in [0.4, 0.5) is 0 Å². The van der Waals surface area contributed by atoms with Gasteiger partial charge in [-0.1, -0.05) is 72.8 Å². The molecule has 0 aliphatic carbocycles. The van der Waals surface area contributed by atoms with Crippen molar-refractivity contribution in [1.29, 1.82) is 0 Å². The van der Waals surface area contributed by atoms with E-state index in [1.807, 2.05) is 85.2 Å². The minimum absolute atomic E-state index is 0.103. The van der Waals surface area contributed by atoms with Gasteiger partial charge in [-0.2, -0.15) is 5.10 Å². The van der Waals surface area contributed by atoms with Crippen LogP contribution in [0.3, 0.4) is 0 Å². The molecule has 0 spiro atoms. The van der Waals surface area contributed by atoms with Crippen LogP contribution in [0.15, 0.2) is 116 Å². The molecule has 4 aromatic carbocycles. The second-order valence-corrected chi connectivity index (χ2v) is 9.91. The summed E-state index contributed by atoms with van der Waals surface area (Å²) in [5.74, 6) is -1.23. The van der Waals surface area contributed by atoms with Crippen LogP contribution in [-0.2, 0) is 16.0 Å². The molecule has 3 N–H and O–H groups in total. The van der Waals surface area contributed by atoms with Gasteiger partial charge in [0.25, 0.3) is 0 Å². The van der Waals surface area contributed by atoms with Crippen LogP contribution in [0.5, 0.6) is 0 Å². The maximum atomic E-state index is 12.9. The van der Waals surface area contributed by atoms with Gasteiger partial charge in [0.15, 0.2) is 5.78 Å². The molecule has 2 heterocycles. The molecule has 0 bridgehead atoms. The predicted molar refractivity (Wildman–Crippen MR) is 162 cm³/mol. The highest BCUT2D eigenvalue weighted by atomic mass is 16.4. The lowest BCUT2D eigenvalue weighted by Gasteiger charge is -2.13. The molecule has 0 aliphatic heterocycles. The Kier molecular flexibility index (Phi) is 7.26. The lowest BCUT2D eigenvalue weighted by molar-refractivity contribution is -0.139. The highest BCUT2D eigenvalue weighted by Gasteiger charge is 2.20. The Morgan fingerprint density at radius 3 is 2.51 bits per heavy atom. The number of nitrogens with zero attached hydrogens (tertiary/aromatic N) is 2. The number of carbonyl (C=O) groups excluding carboxylic acids is 1. The predicted octanol–water partition coefficient (Wildman–Crippen LogP) is 6.04. The first-order chi connectivity index (χ1) is 20.0. The summed E-state index contributed by atoms with van der Waals surface area (Å²) in [6.45, 7) is -0.103. The van der Waals surface area contributed by atoms with Crippen molar-refractivity contribution in [3.05, 3.63) is 127 Å². The number of carboxylic acid groups (broad SMARTS) is 1. The number of para-hydroxylation sites is 2. The van der Waals surface area contributed by atoms with E-state index in [-0.39, 0.29) is 18.7 Å². The number of fused-ring (bicyclic) bond motifs is 2. The van der Waals surface area contributed by atoms with E-state index in [1.165, 1.54) is 6.08 Å². The zero-order chi connectivity index (χ0) is 28.2. The summed E-state index contributed by atoms with van der Waals surface area (Å²) in [7, 11) is 0. The van der Waals surface area contributed by atoms with Gasteiger partial charge in [-0.25, -0.2) is 4.68 Å². The molecule has 202 valence electrons. The number of H-pyrrole nitrogens is 1. The van der Waals surface area contributed by atoms with Crippen molar-refractivity contribution in [2.24, 2.45) is 0 Å². The first-order valence-corrected chi connectivity index (χ1v) is 13.4. The van der Waals surface area contributed by atoms with E-state index in [4.69, 9.17) is 5.10 Å². The third-order valence-electron chi connectivity index (χ3n) is 7.15. The van der Waals surface area contributed by atoms with Crippen LogP contribution in [0, 0.1) is 0 Å². The molecule has 41 heavy (non-hydrogen) atoms. The van der Waals surface area contributed by atoms with Crippen LogP contribution >= 0.6 is 0 Å². The van der Waals surface area contributed by atoms with Crippen LogP contribution in [0.25, 0.3) is 44.7 Å². The minimum atomic E-state index is -1.00. The number of aromatic nitrogens is 3. The highest BCUT2D eigenvalue weighted by Crippen LogP contribution is 2.28. The van der Waals surface area contributed by atoms with Crippen molar-refractivity contribution in [3.8, 4) is 16.9 Å². The number of hydrogen-bond donors (Lipinski definition) is 3. The topological polar surface area (TPSA) is 100 Å². The normalized spacial score (nSPS) is 12.3. The second kappa shape index (κ2) is 11.5. The molecule has 6 rings (SSSR count). The lowest BCUT2D eigenvalue weighted by atomic mass is 10.0. The zero-order valence-electron chi connectivity index (χ0n) is 22.2. The number of ketones is 1. The molecule has 0 saturated heterocycles. The molecule has 0 saturated carbocycles. The molecular weight excluding hydrogens is 512 g/mol. The smallest absolute Gasteiger partial charge is 0.321 e. The highest BCUT2D eigenvalue weighted by molar-refractivity contribution is 5.96. The maximum Gasteiger partial charge on any atom is 0.321 e. The number of aromatic amines is 1. The first-order valence-electron chi connectivity index (χ1n) is 13.4. The van der Waals surface area contributed by atoms with Crippen LogP contribution in [-0.4, -0.2) is 44.2 Å². The van der Waals surface area contributed by atoms with Crippen LogP contribution in [0.1, 0.15) is 11.1 Å². The second-order valence-electron chi connectivity index (χ2n) is 9.91. The molecule has 6 aromatic rings. The van der Waals surface area contributed by atoms with Crippen molar-refractivity contribution in [3.63, 3.8) is 0 Å². The zero-order valence-corrected chi connectivity index (χ0v) is 22.2. The van der Waals surface area contributed by atoms with Gasteiger partial charge in [-0.05, 0) is 52.8 Å². The SMILES string of the molecule is O=C(C=Cc1cn(-c2ccccc2)nc1-c1ccc2ccccc2c1)CN[C@H](Cc1c[nH]c2ccccc12)C(=O)O. The molecule has 0 aliphatic rings. The van der Waals surface area contributed by atoms with E-state index in [1.54, 1.807) is 10.8 Å². The minimum Gasteiger partial charge on any atom is -0.480 e. The third-order valence-corrected chi connectivity index (χ3v) is 7.15. The monoisotopic (exact) mass is 540 g/mol. The number of rotatable bonds is 10.